The van der Waals surface area contributed by atoms with E-state index in [9.17, 15) is 0 Å². The third-order valence-electron chi connectivity index (χ3n) is 6.24. The van der Waals surface area contributed by atoms with E-state index in [4.69, 9.17) is 9.73 Å². The zero-order valence-corrected chi connectivity index (χ0v) is 20.3. The van der Waals surface area contributed by atoms with Crippen molar-refractivity contribution < 1.29 is 4.74 Å². The molecular formula is C24H42N4OS. The summed E-state index contributed by atoms with van der Waals surface area (Å²) in [4.78, 5) is 9.04. The van der Waals surface area contributed by atoms with Crippen LogP contribution in [0.3, 0.4) is 0 Å². The monoisotopic (exact) mass is 434 g/mol. The fourth-order valence-electron chi connectivity index (χ4n) is 4.87. The molecule has 3 unspecified atom stereocenters. The van der Waals surface area contributed by atoms with Crippen LogP contribution in [0.25, 0.3) is 0 Å². The van der Waals surface area contributed by atoms with Gasteiger partial charge >= 0.3 is 0 Å². The van der Waals surface area contributed by atoms with Crippen LogP contribution >= 0.6 is 11.3 Å². The van der Waals surface area contributed by atoms with Crippen LogP contribution in [-0.2, 0) is 11.3 Å². The number of likely N-dealkylation sites (tertiary alicyclic amines) is 1. The van der Waals surface area contributed by atoms with Crippen molar-refractivity contribution >= 4 is 17.3 Å². The van der Waals surface area contributed by atoms with Crippen LogP contribution in [0.15, 0.2) is 22.5 Å². The molecule has 0 saturated carbocycles. The van der Waals surface area contributed by atoms with Gasteiger partial charge in [0.2, 0.25) is 0 Å². The van der Waals surface area contributed by atoms with E-state index < -0.39 is 0 Å². The molecule has 0 bridgehead atoms. The second kappa shape index (κ2) is 11.5. The molecule has 0 radical (unpaired) electrons. The Hall–Kier alpha value is -1.11. The van der Waals surface area contributed by atoms with Crippen molar-refractivity contribution in [3.05, 3.63) is 22.4 Å². The third-order valence-corrected chi connectivity index (χ3v) is 7.11. The van der Waals surface area contributed by atoms with Crippen molar-refractivity contribution in [1.29, 1.82) is 0 Å². The lowest BCUT2D eigenvalue weighted by atomic mass is 9.78. The summed E-state index contributed by atoms with van der Waals surface area (Å²) in [5.41, 5.74) is 0.177. The van der Waals surface area contributed by atoms with Gasteiger partial charge in [-0.3, -0.25) is 9.89 Å². The molecule has 3 atom stereocenters. The van der Waals surface area contributed by atoms with E-state index >= 15 is 0 Å². The number of nitrogens with zero attached hydrogens (tertiary/aromatic N) is 2. The van der Waals surface area contributed by atoms with Crippen LogP contribution in [0.2, 0.25) is 0 Å². The highest BCUT2D eigenvalue weighted by molar-refractivity contribution is 7.09. The van der Waals surface area contributed by atoms with E-state index in [1.54, 1.807) is 0 Å². The van der Waals surface area contributed by atoms with E-state index in [1.165, 1.54) is 30.7 Å². The number of nitrogens with one attached hydrogen (secondary N) is 2. The standard InChI is InChI=1S/C24H42N4OS/c1-5-25-23(27-16-20-10-7-13-29-22(20)24(2,3)4)26-15-19-9-6-12-28(17-19)18-21-11-8-14-30-21/h8,11,14,19-20,22H,5-7,9-10,12-13,15-18H2,1-4H3,(H2,25,26,27). The number of hydrogen-bond acceptors (Lipinski definition) is 4. The van der Waals surface area contributed by atoms with E-state index in [-0.39, 0.29) is 5.41 Å². The van der Waals surface area contributed by atoms with Gasteiger partial charge in [0.25, 0.3) is 0 Å². The lowest BCUT2D eigenvalue weighted by Gasteiger charge is -2.40. The van der Waals surface area contributed by atoms with Crippen molar-refractivity contribution in [2.75, 3.05) is 39.3 Å². The molecule has 2 N–H and O–H groups in total. The first-order valence-corrected chi connectivity index (χ1v) is 12.7. The van der Waals surface area contributed by atoms with E-state index in [0.29, 0.717) is 17.9 Å². The van der Waals surface area contributed by atoms with Gasteiger partial charge in [-0.05, 0) is 61.9 Å². The molecule has 0 spiro atoms. The number of rotatable bonds is 7. The first-order valence-electron chi connectivity index (χ1n) is 11.8. The van der Waals surface area contributed by atoms with Crippen LogP contribution in [0.4, 0.5) is 0 Å². The minimum Gasteiger partial charge on any atom is -0.377 e. The Kier molecular flexibility index (Phi) is 9.02. The summed E-state index contributed by atoms with van der Waals surface area (Å²) in [5.74, 6) is 2.15. The Balaban J connectivity index is 1.51. The van der Waals surface area contributed by atoms with Gasteiger partial charge < -0.3 is 15.4 Å². The molecular weight excluding hydrogens is 392 g/mol. The minimum atomic E-state index is 0.177. The topological polar surface area (TPSA) is 48.9 Å². The van der Waals surface area contributed by atoms with Crippen LogP contribution in [0.1, 0.15) is 58.3 Å². The maximum atomic E-state index is 6.15. The molecule has 3 heterocycles. The quantitative estimate of drug-likeness (QED) is 0.495. The summed E-state index contributed by atoms with van der Waals surface area (Å²) in [6.07, 6.45) is 5.27. The number of aliphatic imine (C=N–C) groups is 1. The Morgan fingerprint density at radius 2 is 2.13 bits per heavy atom. The number of guanidine groups is 1. The molecule has 1 aromatic rings. The Morgan fingerprint density at radius 3 is 2.87 bits per heavy atom. The Morgan fingerprint density at radius 1 is 1.27 bits per heavy atom. The highest BCUT2D eigenvalue weighted by atomic mass is 32.1. The zero-order chi connectivity index (χ0) is 21.4. The number of ether oxygens (including phenoxy) is 1. The molecule has 1 aromatic heterocycles. The number of hydrogen-bond donors (Lipinski definition) is 2. The summed E-state index contributed by atoms with van der Waals surface area (Å²) in [5, 5.41) is 9.25. The fourth-order valence-corrected chi connectivity index (χ4v) is 5.61. The highest BCUT2D eigenvalue weighted by Crippen LogP contribution is 2.33. The van der Waals surface area contributed by atoms with Gasteiger partial charge in [0.15, 0.2) is 5.96 Å². The van der Waals surface area contributed by atoms with Gasteiger partial charge in [-0.25, -0.2) is 0 Å². The smallest absolute Gasteiger partial charge is 0.191 e. The molecule has 170 valence electrons. The zero-order valence-electron chi connectivity index (χ0n) is 19.5. The summed E-state index contributed by atoms with van der Waals surface area (Å²) in [6, 6.07) is 4.40. The summed E-state index contributed by atoms with van der Waals surface area (Å²) in [6.45, 7) is 16.1. The summed E-state index contributed by atoms with van der Waals surface area (Å²) in [7, 11) is 0. The third kappa shape index (κ3) is 7.24. The molecule has 0 aliphatic carbocycles. The SMILES string of the molecule is CCNC(=NCC1CCCN(Cc2cccs2)C1)NCC1CCCOC1C(C)(C)C. The molecule has 6 heteroatoms. The molecule has 30 heavy (non-hydrogen) atoms. The molecule has 0 aromatic carbocycles. The van der Waals surface area contributed by atoms with Crippen molar-refractivity contribution in [1.82, 2.24) is 15.5 Å². The van der Waals surface area contributed by atoms with Crippen molar-refractivity contribution in [3.8, 4) is 0 Å². The first kappa shape index (κ1) is 23.6. The number of thiophene rings is 1. The molecule has 3 rings (SSSR count). The van der Waals surface area contributed by atoms with Crippen molar-refractivity contribution in [3.63, 3.8) is 0 Å². The fraction of sp³-hybridized carbons (Fsp3) is 0.792. The predicted octanol–water partition coefficient (Wildman–Crippen LogP) is 4.36. The van der Waals surface area contributed by atoms with Gasteiger partial charge in [0.05, 0.1) is 6.10 Å². The van der Waals surface area contributed by atoms with E-state index in [1.807, 2.05) is 11.3 Å². The van der Waals surface area contributed by atoms with Crippen LogP contribution < -0.4 is 10.6 Å². The molecule has 2 aliphatic heterocycles. The summed E-state index contributed by atoms with van der Waals surface area (Å²) < 4.78 is 6.15. The summed E-state index contributed by atoms with van der Waals surface area (Å²) >= 11 is 1.87. The highest BCUT2D eigenvalue weighted by Gasteiger charge is 2.35. The Bertz CT molecular complexity index is 640. The Labute approximate surface area is 187 Å². The van der Waals surface area contributed by atoms with Gasteiger partial charge in [-0.15, -0.1) is 11.3 Å². The first-order chi connectivity index (χ1) is 14.5. The molecule has 2 fully saturated rings. The average molecular weight is 435 g/mol. The van der Waals surface area contributed by atoms with Crippen LogP contribution in [0.5, 0.6) is 0 Å². The maximum Gasteiger partial charge on any atom is 0.191 e. The number of piperidine rings is 1. The lowest BCUT2D eigenvalue weighted by molar-refractivity contribution is -0.0835. The normalized spacial score (nSPS) is 26.5. The molecule has 2 saturated heterocycles. The van der Waals surface area contributed by atoms with Crippen LogP contribution in [0, 0.1) is 17.3 Å². The van der Waals surface area contributed by atoms with Crippen molar-refractivity contribution in [2.45, 2.75) is 66.0 Å². The van der Waals surface area contributed by atoms with E-state index in [2.05, 4.69) is 60.7 Å². The van der Waals surface area contributed by atoms with E-state index in [0.717, 1.165) is 51.7 Å². The van der Waals surface area contributed by atoms with Gasteiger partial charge in [-0.2, -0.15) is 0 Å². The predicted molar refractivity (Wildman–Crippen MR) is 128 cm³/mol. The molecule has 0 amide bonds. The minimum absolute atomic E-state index is 0.177. The largest absolute Gasteiger partial charge is 0.377 e. The van der Waals surface area contributed by atoms with Crippen molar-refractivity contribution in [2.24, 2.45) is 22.2 Å². The molecule has 5 nitrogen and oxygen atoms in total. The van der Waals surface area contributed by atoms with Gasteiger partial charge in [0, 0.05) is 50.1 Å². The van der Waals surface area contributed by atoms with Gasteiger partial charge in [-0.1, -0.05) is 26.8 Å². The lowest BCUT2D eigenvalue weighted by Crippen LogP contribution is -2.47. The maximum absolute atomic E-state index is 6.15. The second-order valence-electron chi connectivity index (χ2n) is 9.98. The van der Waals surface area contributed by atoms with Crippen LogP contribution in [-0.4, -0.2) is 56.3 Å². The van der Waals surface area contributed by atoms with Gasteiger partial charge in [0.1, 0.15) is 0 Å². The average Bonchev–Trinajstić information content (AvgIpc) is 3.23. The second-order valence-corrected chi connectivity index (χ2v) is 11.0. The molecule has 2 aliphatic rings.